The Labute approximate surface area is 218 Å². The summed E-state index contributed by atoms with van der Waals surface area (Å²) in [5, 5.41) is 31.8. The van der Waals surface area contributed by atoms with Gasteiger partial charge in [-0.1, -0.05) is 11.6 Å². The van der Waals surface area contributed by atoms with Crippen LogP contribution in [0, 0.1) is 15.9 Å². The van der Waals surface area contributed by atoms with Crippen molar-refractivity contribution in [1.82, 2.24) is 14.8 Å². The number of halogens is 3. The zero-order chi connectivity index (χ0) is 26.4. The summed E-state index contributed by atoms with van der Waals surface area (Å²) in [6.45, 7) is 0.504. The molecule has 1 amide bonds. The Morgan fingerprint density at radius 3 is 2.56 bits per heavy atom. The number of pyridine rings is 1. The maximum absolute atomic E-state index is 15.4. The molecule has 2 aliphatic heterocycles. The second-order valence-corrected chi connectivity index (χ2v) is 10.2. The van der Waals surface area contributed by atoms with Crippen molar-refractivity contribution in [3.8, 4) is 5.88 Å². The number of nitrogens with zero attached hydrogens (tertiary/aromatic N) is 4. The summed E-state index contributed by atoms with van der Waals surface area (Å²) in [7, 11) is 1.89. The van der Waals surface area contributed by atoms with Gasteiger partial charge in [0.2, 0.25) is 0 Å². The summed E-state index contributed by atoms with van der Waals surface area (Å²) in [6, 6.07) is 1.20. The number of ether oxygens (including phenoxy) is 1. The minimum Gasteiger partial charge on any atom is -0.481 e. The van der Waals surface area contributed by atoms with Crippen LogP contribution < -0.4 is 4.74 Å². The Morgan fingerprint density at radius 2 is 2.03 bits per heavy atom. The maximum Gasteiger partial charge on any atom is 0.407 e. The molecule has 11 nitrogen and oxygen atoms in total. The van der Waals surface area contributed by atoms with Gasteiger partial charge in [-0.3, -0.25) is 14.9 Å². The van der Waals surface area contributed by atoms with Crippen LogP contribution in [0.1, 0.15) is 31.2 Å². The molecule has 2 aromatic rings. The maximum atomic E-state index is 15.4. The Kier molecular flexibility index (Phi) is 7.26. The molecule has 0 spiro atoms. The van der Waals surface area contributed by atoms with Crippen molar-refractivity contribution in [2.24, 2.45) is 0 Å². The molecule has 0 saturated carbocycles. The Morgan fingerprint density at radius 1 is 1.36 bits per heavy atom. The SMILES string of the molecule is CN1CCC[C@H]1COc1nc2c(F)c(Br)c(Cl)cc2c(C2(C(=O)O)CCN(C(=O)O)CC2)c1[N+](=O)[O-]. The predicted molar refractivity (Wildman–Crippen MR) is 130 cm³/mol. The molecule has 0 aliphatic carbocycles. The zero-order valence-corrected chi connectivity index (χ0v) is 21.5. The highest BCUT2D eigenvalue weighted by Crippen LogP contribution is 2.49. The summed E-state index contributed by atoms with van der Waals surface area (Å²) >= 11 is 9.22. The van der Waals surface area contributed by atoms with Gasteiger partial charge in [0.15, 0.2) is 5.82 Å². The molecule has 0 bridgehead atoms. The lowest BCUT2D eigenvalue weighted by Crippen LogP contribution is -2.49. The van der Waals surface area contributed by atoms with Gasteiger partial charge in [0.25, 0.3) is 5.88 Å². The Balaban J connectivity index is 1.98. The molecule has 3 heterocycles. The van der Waals surface area contributed by atoms with E-state index in [2.05, 4.69) is 20.9 Å². The van der Waals surface area contributed by atoms with Crippen molar-refractivity contribution in [1.29, 1.82) is 0 Å². The zero-order valence-electron chi connectivity index (χ0n) is 19.2. The van der Waals surface area contributed by atoms with Crippen LogP contribution in [0.4, 0.5) is 14.9 Å². The Bertz CT molecular complexity index is 1260. The van der Waals surface area contributed by atoms with Crippen LogP contribution in [-0.2, 0) is 10.2 Å². The number of likely N-dealkylation sites (N-methyl/N-ethyl adjacent to an activating group) is 1. The van der Waals surface area contributed by atoms with E-state index < -0.39 is 39.8 Å². The third kappa shape index (κ3) is 4.43. The van der Waals surface area contributed by atoms with Crippen molar-refractivity contribution >= 4 is 56.2 Å². The first-order valence-corrected chi connectivity index (χ1v) is 12.4. The number of piperidine rings is 1. The van der Waals surface area contributed by atoms with Crippen molar-refractivity contribution < 1.29 is 33.9 Å². The molecule has 2 saturated heterocycles. The third-order valence-corrected chi connectivity index (χ3v) is 8.40. The quantitative estimate of drug-likeness (QED) is 0.286. The molecule has 14 heteroatoms. The summed E-state index contributed by atoms with van der Waals surface area (Å²) in [5.74, 6) is -2.80. The minimum atomic E-state index is -1.90. The van der Waals surface area contributed by atoms with Crippen LogP contribution >= 0.6 is 27.5 Å². The first-order valence-electron chi connectivity index (χ1n) is 11.2. The van der Waals surface area contributed by atoms with E-state index in [4.69, 9.17) is 16.3 Å². The number of carboxylic acid groups (broad SMARTS) is 2. The molecule has 1 aromatic heterocycles. The minimum absolute atomic E-state index is 0.0402. The average molecular weight is 590 g/mol. The fourth-order valence-electron chi connectivity index (χ4n) is 5.04. The van der Waals surface area contributed by atoms with Crippen molar-refractivity contribution in [2.75, 3.05) is 33.3 Å². The van der Waals surface area contributed by atoms with E-state index >= 15 is 4.39 Å². The van der Waals surface area contributed by atoms with Crippen LogP contribution in [0.15, 0.2) is 10.5 Å². The van der Waals surface area contributed by atoms with E-state index in [1.54, 1.807) is 0 Å². The summed E-state index contributed by atoms with van der Waals surface area (Å²) in [4.78, 5) is 43.0. The van der Waals surface area contributed by atoms with Crippen molar-refractivity contribution in [3.63, 3.8) is 0 Å². The number of likely N-dealkylation sites (tertiary alicyclic amines) is 2. The molecular weight excluding hydrogens is 567 g/mol. The van der Waals surface area contributed by atoms with E-state index in [9.17, 15) is 29.9 Å². The van der Waals surface area contributed by atoms with Gasteiger partial charge in [-0.05, 0) is 61.3 Å². The Hall–Kier alpha value is -2.77. The summed E-state index contributed by atoms with van der Waals surface area (Å²) in [6.07, 6.45) is -0.0512. The average Bonchev–Trinajstić information content (AvgIpc) is 3.25. The lowest BCUT2D eigenvalue weighted by atomic mass is 9.71. The number of carboxylic acids is 1. The summed E-state index contributed by atoms with van der Waals surface area (Å²) in [5.41, 5.74) is -3.21. The number of aliphatic carboxylic acids is 1. The number of benzene rings is 1. The molecule has 2 N–H and O–H groups in total. The smallest absolute Gasteiger partial charge is 0.407 e. The molecular formula is C22H23BrClFN4O7. The highest BCUT2D eigenvalue weighted by Gasteiger charge is 2.50. The monoisotopic (exact) mass is 588 g/mol. The van der Waals surface area contributed by atoms with E-state index in [-0.39, 0.29) is 64.5 Å². The number of rotatable bonds is 6. The van der Waals surface area contributed by atoms with Gasteiger partial charge in [-0.2, -0.15) is 0 Å². The van der Waals surface area contributed by atoms with Gasteiger partial charge >= 0.3 is 17.7 Å². The van der Waals surface area contributed by atoms with Gasteiger partial charge in [0, 0.05) is 24.5 Å². The molecule has 194 valence electrons. The number of amides is 1. The predicted octanol–water partition coefficient (Wildman–Crippen LogP) is 4.27. The number of nitro groups is 1. The number of fused-ring (bicyclic) bond motifs is 1. The van der Waals surface area contributed by atoms with Crippen molar-refractivity contribution in [2.45, 2.75) is 37.1 Å². The van der Waals surface area contributed by atoms with Gasteiger partial charge in [-0.15, -0.1) is 0 Å². The van der Waals surface area contributed by atoms with Gasteiger partial charge in [-0.25, -0.2) is 14.2 Å². The third-order valence-electron chi connectivity index (χ3n) is 7.10. The first kappa shape index (κ1) is 26.3. The highest BCUT2D eigenvalue weighted by molar-refractivity contribution is 9.10. The first-order chi connectivity index (χ1) is 17.0. The standard InChI is InChI=1S/C22H23BrClFN4O7/c1-27-6-2-3-11(27)10-36-19-18(29(34)35)14(12-9-13(24)15(23)16(25)17(12)26-19)22(20(30)31)4-7-28(8-5-22)21(32)33/h9,11H,2-8,10H2,1H3,(H,30,31)(H,32,33)/t11-/m0/s1. The largest absolute Gasteiger partial charge is 0.481 e. The van der Waals surface area contributed by atoms with Gasteiger partial charge in [0.05, 0.1) is 20.0 Å². The molecule has 1 atom stereocenters. The highest BCUT2D eigenvalue weighted by atomic mass is 79.9. The fourth-order valence-corrected chi connectivity index (χ4v) is 5.54. The van der Waals surface area contributed by atoms with E-state index in [0.29, 0.717) is 0 Å². The lowest BCUT2D eigenvalue weighted by molar-refractivity contribution is -0.387. The normalized spacial score (nSPS) is 20.0. The summed E-state index contributed by atoms with van der Waals surface area (Å²) < 4.78 is 21.0. The van der Waals surface area contributed by atoms with Crippen LogP contribution in [0.3, 0.4) is 0 Å². The van der Waals surface area contributed by atoms with Gasteiger partial charge in [0.1, 0.15) is 17.5 Å². The lowest BCUT2D eigenvalue weighted by Gasteiger charge is -2.38. The molecule has 1 aromatic carbocycles. The second kappa shape index (κ2) is 9.94. The van der Waals surface area contributed by atoms with Gasteiger partial charge < -0.3 is 24.7 Å². The molecule has 2 aliphatic rings. The number of hydrogen-bond acceptors (Lipinski definition) is 7. The molecule has 0 unspecified atom stereocenters. The number of aromatic nitrogens is 1. The fraction of sp³-hybridized carbons (Fsp3) is 0.500. The molecule has 0 radical (unpaired) electrons. The van der Waals surface area contributed by atoms with Crippen molar-refractivity contribution in [3.05, 3.63) is 37.1 Å². The topological polar surface area (TPSA) is 146 Å². The molecule has 36 heavy (non-hydrogen) atoms. The molecule has 4 rings (SSSR count). The van der Waals surface area contributed by atoms with E-state index in [1.807, 2.05) is 11.9 Å². The van der Waals surface area contributed by atoms with Crippen LogP contribution in [-0.4, -0.2) is 81.3 Å². The second-order valence-electron chi connectivity index (χ2n) is 9.02. The number of carbonyl (C=O) groups is 2. The van der Waals surface area contributed by atoms with E-state index in [1.165, 1.54) is 6.07 Å². The van der Waals surface area contributed by atoms with E-state index in [0.717, 1.165) is 24.3 Å². The van der Waals surface area contributed by atoms with Crippen LogP contribution in [0.25, 0.3) is 10.9 Å². The van der Waals surface area contributed by atoms with Crippen LogP contribution in [0.5, 0.6) is 5.88 Å². The molecule has 2 fully saturated rings. The van der Waals surface area contributed by atoms with Crippen LogP contribution in [0.2, 0.25) is 5.02 Å². The number of hydrogen-bond donors (Lipinski definition) is 2.